The molecule has 0 aromatic rings. The highest BCUT2D eigenvalue weighted by atomic mass is 16.1. The number of carbonyl (C=O) groups excluding carboxylic acids is 1. The summed E-state index contributed by atoms with van der Waals surface area (Å²) in [5, 5.41) is 6.51. The molecule has 2 N–H and O–H groups in total. The molecule has 1 rings (SSSR count). The van der Waals surface area contributed by atoms with Crippen molar-refractivity contribution in [1.29, 1.82) is 0 Å². The van der Waals surface area contributed by atoms with Crippen molar-refractivity contribution >= 4 is 5.91 Å². The summed E-state index contributed by atoms with van der Waals surface area (Å²) in [6, 6.07) is 0. The van der Waals surface area contributed by atoms with Crippen LogP contribution in [0.2, 0.25) is 0 Å². The Labute approximate surface area is 106 Å². The van der Waals surface area contributed by atoms with Crippen LogP contribution in [0.5, 0.6) is 0 Å². The number of carbonyl (C=O) groups is 1. The van der Waals surface area contributed by atoms with Gasteiger partial charge in [-0.2, -0.15) is 0 Å². The van der Waals surface area contributed by atoms with Gasteiger partial charge in [0.2, 0.25) is 5.91 Å². The van der Waals surface area contributed by atoms with E-state index >= 15 is 0 Å². The predicted octanol–water partition coefficient (Wildman–Crippen LogP) is 2.61. The minimum Gasteiger partial charge on any atom is -0.354 e. The second-order valence-corrected chi connectivity index (χ2v) is 5.53. The van der Waals surface area contributed by atoms with Crippen LogP contribution in [0.1, 0.15) is 65.2 Å². The molecular formula is C14H28N2O. The summed E-state index contributed by atoms with van der Waals surface area (Å²) >= 11 is 0. The number of rotatable bonds is 8. The lowest BCUT2D eigenvalue weighted by Crippen LogP contribution is -2.47. The van der Waals surface area contributed by atoms with Gasteiger partial charge in [-0.1, -0.05) is 32.6 Å². The number of nitrogens with one attached hydrogen (secondary N) is 2. The Bertz CT molecular complexity index is 222. The Kier molecular flexibility index (Phi) is 6.56. The number of hydrogen-bond acceptors (Lipinski definition) is 2. The molecule has 3 nitrogen and oxygen atoms in total. The fraction of sp³-hybridized carbons (Fsp3) is 0.929. The van der Waals surface area contributed by atoms with E-state index in [1.165, 1.54) is 38.5 Å². The molecule has 0 bridgehead atoms. The van der Waals surface area contributed by atoms with E-state index in [4.69, 9.17) is 0 Å². The summed E-state index contributed by atoms with van der Waals surface area (Å²) < 4.78 is 0. The molecule has 100 valence electrons. The van der Waals surface area contributed by atoms with Crippen molar-refractivity contribution in [3.63, 3.8) is 0 Å². The first-order chi connectivity index (χ1) is 8.16. The van der Waals surface area contributed by atoms with Gasteiger partial charge in [0.1, 0.15) is 0 Å². The van der Waals surface area contributed by atoms with Crippen molar-refractivity contribution in [3.8, 4) is 0 Å². The summed E-state index contributed by atoms with van der Waals surface area (Å²) in [6.07, 6.45) is 9.14. The Morgan fingerprint density at radius 3 is 2.71 bits per heavy atom. The van der Waals surface area contributed by atoms with Gasteiger partial charge in [-0.25, -0.2) is 0 Å². The summed E-state index contributed by atoms with van der Waals surface area (Å²) in [7, 11) is 0. The molecule has 0 aromatic heterocycles. The Balaban J connectivity index is 2.01. The first-order valence-electron chi connectivity index (χ1n) is 7.18. The molecule has 1 aliphatic rings. The SMILES string of the molecule is CCCCCCCC(=O)NCC1(C)CCCN1. The van der Waals surface area contributed by atoms with Gasteiger partial charge < -0.3 is 10.6 Å². The molecule has 0 radical (unpaired) electrons. The number of amides is 1. The third-order valence-corrected chi connectivity index (χ3v) is 3.64. The molecule has 1 aliphatic heterocycles. The smallest absolute Gasteiger partial charge is 0.220 e. The molecule has 0 aliphatic carbocycles. The van der Waals surface area contributed by atoms with Crippen LogP contribution in [0, 0.1) is 0 Å². The van der Waals surface area contributed by atoms with Crippen molar-refractivity contribution in [2.24, 2.45) is 0 Å². The van der Waals surface area contributed by atoms with Crippen LogP contribution in [-0.4, -0.2) is 24.5 Å². The van der Waals surface area contributed by atoms with Gasteiger partial charge in [-0.05, 0) is 32.7 Å². The van der Waals surface area contributed by atoms with Gasteiger partial charge >= 0.3 is 0 Å². The average Bonchev–Trinajstić information content (AvgIpc) is 2.74. The predicted molar refractivity (Wildman–Crippen MR) is 72.0 cm³/mol. The molecule has 1 fully saturated rings. The lowest BCUT2D eigenvalue weighted by molar-refractivity contribution is -0.121. The zero-order valence-electron chi connectivity index (χ0n) is 11.5. The minimum atomic E-state index is 0.137. The van der Waals surface area contributed by atoms with Crippen LogP contribution in [-0.2, 0) is 4.79 Å². The van der Waals surface area contributed by atoms with Crippen LogP contribution in [0.25, 0.3) is 0 Å². The van der Waals surface area contributed by atoms with Crippen LogP contribution < -0.4 is 10.6 Å². The van der Waals surface area contributed by atoms with E-state index < -0.39 is 0 Å². The summed E-state index contributed by atoms with van der Waals surface area (Å²) in [6.45, 7) is 6.27. The number of unbranched alkanes of at least 4 members (excludes halogenated alkanes) is 4. The van der Waals surface area contributed by atoms with Gasteiger partial charge in [0.05, 0.1) is 0 Å². The molecular weight excluding hydrogens is 212 g/mol. The van der Waals surface area contributed by atoms with E-state index in [0.717, 1.165) is 19.5 Å². The zero-order valence-corrected chi connectivity index (χ0v) is 11.5. The van der Waals surface area contributed by atoms with Gasteiger partial charge in [0, 0.05) is 18.5 Å². The molecule has 3 heteroatoms. The second kappa shape index (κ2) is 7.70. The largest absolute Gasteiger partial charge is 0.354 e. The van der Waals surface area contributed by atoms with Gasteiger partial charge in [0.15, 0.2) is 0 Å². The Morgan fingerprint density at radius 2 is 2.06 bits per heavy atom. The van der Waals surface area contributed by atoms with Crippen molar-refractivity contribution in [3.05, 3.63) is 0 Å². The van der Waals surface area contributed by atoms with Crippen molar-refractivity contribution in [2.75, 3.05) is 13.1 Å². The zero-order chi connectivity index (χ0) is 12.6. The fourth-order valence-electron chi connectivity index (χ4n) is 2.38. The van der Waals surface area contributed by atoms with E-state index in [-0.39, 0.29) is 11.4 Å². The van der Waals surface area contributed by atoms with Gasteiger partial charge in [-0.15, -0.1) is 0 Å². The third-order valence-electron chi connectivity index (χ3n) is 3.64. The molecule has 1 heterocycles. The van der Waals surface area contributed by atoms with Crippen LogP contribution in [0.15, 0.2) is 0 Å². The van der Waals surface area contributed by atoms with E-state index in [1.54, 1.807) is 0 Å². The quantitative estimate of drug-likeness (QED) is 0.640. The van der Waals surface area contributed by atoms with Crippen molar-refractivity contribution < 1.29 is 4.79 Å². The summed E-state index contributed by atoms with van der Waals surface area (Å²) in [4.78, 5) is 11.6. The van der Waals surface area contributed by atoms with Gasteiger partial charge in [-0.3, -0.25) is 4.79 Å². The van der Waals surface area contributed by atoms with Gasteiger partial charge in [0.25, 0.3) is 0 Å². The third kappa shape index (κ3) is 6.06. The molecule has 1 amide bonds. The standard InChI is InChI=1S/C14H28N2O/c1-3-4-5-6-7-9-13(17)15-12-14(2)10-8-11-16-14/h16H,3-12H2,1-2H3,(H,15,17). The molecule has 17 heavy (non-hydrogen) atoms. The first-order valence-corrected chi connectivity index (χ1v) is 7.18. The number of hydrogen-bond donors (Lipinski definition) is 2. The maximum Gasteiger partial charge on any atom is 0.220 e. The molecule has 0 aromatic carbocycles. The second-order valence-electron chi connectivity index (χ2n) is 5.53. The van der Waals surface area contributed by atoms with Crippen molar-refractivity contribution in [1.82, 2.24) is 10.6 Å². The van der Waals surface area contributed by atoms with Crippen LogP contribution >= 0.6 is 0 Å². The van der Waals surface area contributed by atoms with Crippen LogP contribution in [0.4, 0.5) is 0 Å². The Hall–Kier alpha value is -0.570. The Morgan fingerprint density at radius 1 is 1.29 bits per heavy atom. The lowest BCUT2D eigenvalue weighted by atomic mass is 10.0. The highest BCUT2D eigenvalue weighted by Crippen LogP contribution is 2.17. The normalized spacial score (nSPS) is 23.9. The highest BCUT2D eigenvalue weighted by molar-refractivity contribution is 5.75. The molecule has 1 saturated heterocycles. The van der Waals surface area contributed by atoms with E-state index in [0.29, 0.717) is 6.42 Å². The van der Waals surface area contributed by atoms with Crippen molar-refractivity contribution in [2.45, 2.75) is 70.8 Å². The molecule has 1 atom stereocenters. The molecule has 0 spiro atoms. The minimum absolute atomic E-state index is 0.137. The monoisotopic (exact) mass is 240 g/mol. The maximum atomic E-state index is 11.6. The summed E-state index contributed by atoms with van der Waals surface area (Å²) in [5.74, 6) is 0.219. The van der Waals surface area contributed by atoms with E-state index in [2.05, 4.69) is 24.5 Å². The topological polar surface area (TPSA) is 41.1 Å². The molecule has 1 unspecified atom stereocenters. The van der Waals surface area contributed by atoms with E-state index in [1.807, 2.05) is 0 Å². The fourth-order valence-corrected chi connectivity index (χ4v) is 2.38. The summed E-state index contributed by atoms with van der Waals surface area (Å²) in [5.41, 5.74) is 0.137. The first kappa shape index (κ1) is 14.5. The van der Waals surface area contributed by atoms with Crippen LogP contribution in [0.3, 0.4) is 0 Å². The lowest BCUT2D eigenvalue weighted by Gasteiger charge is -2.24. The highest BCUT2D eigenvalue weighted by Gasteiger charge is 2.27. The maximum absolute atomic E-state index is 11.6. The average molecular weight is 240 g/mol. The molecule has 0 saturated carbocycles. The van der Waals surface area contributed by atoms with E-state index in [9.17, 15) is 4.79 Å².